The summed E-state index contributed by atoms with van der Waals surface area (Å²) in [7, 11) is 0. The summed E-state index contributed by atoms with van der Waals surface area (Å²) in [6.45, 7) is 2.81. The van der Waals surface area contributed by atoms with Crippen LogP contribution in [0.15, 0.2) is 0 Å². The summed E-state index contributed by atoms with van der Waals surface area (Å²) in [6.07, 6.45) is 0.0833. The molecule has 0 rings (SSSR count). The number of hydrogen-bond acceptors (Lipinski definition) is 2. The summed E-state index contributed by atoms with van der Waals surface area (Å²) in [5.41, 5.74) is 0. The Morgan fingerprint density at radius 2 is 1.38 bits per heavy atom. The van der Waals surface area contributed by atoms with Crippen molar-refractivity contribution in [1.82, 2.24) is 0 Å². The Kier molecular flexibility index (Phi) is 7.40. The molecule has 0 amide bonds. The Morgan fingerprint density at radius 1 is 1.12 bits per heavy atom. The second-order valence-corrected chi connectivity index (χ2v) is 1.58. The van der Waals surface area contributed by atoms with Crippen LogP contribution in [0.5, 0.6) is 0 Å². The molecule has 0 spiro atoms. The van der Waals surface area contributed by atoms with E-state index in [1.807, 2.05) is 0 Å². The van der Waals surface area contributed by atoms with Gasteiger partial charge >= 0.3 is 0 Å². The molecule has 0 fully saturated rings. The SMILES string of the molecule is CC(=O)CC(C)=O.[Sc]. The molecule has 0 saturated carbocycles. The molecular weight excluding hydrogens is 137 g/mol. The minimum Gasteiger partial charge on any atom is -0.300 e. The van der Waals surface area contributed by atoms with Gasteiger partial charge in [0.1, 0.15) is 11.6 Å². The molecule has 8 heavy (non-hydrogen) atoms. The summed E-state index contributed by atoms with van der Waals surface area (Å²) < 4.78 is 0. The van der Waals surface area contributed by atoms with E-state index < -0.39 is 0 Å². The first kappa shape index (κ1) is 11.1. The molecule has 43 valence electrons. The first-order chi connectivity index (χ1) is 3.13. The van der Waals surface area contributed by atoms with Gasteiger partial charge in [0.2, 0.25) is 0 Å². The topological polar surface area (TPSA) is 34.1 Å². The van der Waals surface area contributed by atoms with Crippen molar-refractivity contribution in [1.29, 1.82) is 0 Å². The molecule has 0 aliphatic carbocycles. The standard InChI is InChI=1S/C5H8O2.Sc/c1-4(6)3-5(2)7;/h3H2,1-2H3;. The van der Waals surface area contributed by atoms with Crippen molar-refractivity contribution < 1.29 is 35.4 Å². The van der Waals surface area contributed by atoms with Crippen LogP contribution < -0.4 is 0 Å². The van der Waals surface area contributed by atoms with Crippen LogP contribution in [-0.2, 0) is 35.4 Å². The van der Waals surface area contributed by atoms with Crippen molar-refractivity contribution in [2.75, 3.05) is 0 Å². The fraction of sp³-hybridized carbons (Fsp3) is 0.600. The van der Waals surface area contributed by atoms with E-state index >= 15 is 0 Å². The minimum absolute atomic E-state index is 0. The van der Waals surface area contributed by atoms with Crippen molar-refractivity contribution >= 4 is 11.6 Å². The number of hydrogen-bond donors (Lipinski definition) is 0. The van der Waals surface area contributed by atoms with Gasteiger partial charge in [-0.25, -0.2) is 0 Å². The molecule has 0 aromatic heterocycles. The second kappa shape index (κ2) is 5.35. The number of carbonyl (C=O) groups excluding carboxylic acids is 2. The molecule has 0 aliphatic rings. The van der Waals surface area contributed by atoms with E-state index in [0.29, 0.717) is 0 Å². The van der Waals surface area contributed by atoms with Crippen LogP contribution in [-0.4, -0.2) is 11.6 Å². The first-order valence-corrected chi connectivity index (χ1v) is 2.12. The average molecular weight is 145 g/mol. The molecule has 1 radical (unpaired) electrons. The van der Waals surface area contributed by atoms with E-state index in [2.05, 4.69) is 0 Å². The second-order valence-electron chi connectivity index (χ2n) is 1.58. The summed E-state index contributed by atoms with van der Waals surface area (Å²) in [5, 5.41) is 0. The fourth-order valence-electron chi connectivity index (χ4n) is 0.351. The Hall–Kier alpha value is 0.210. The van der Waals surface area contributed by atoms with E-state index in [1.165, 1.54) is 13.8 Å². The van der Waals surface area contributed by atoms with Gasteiger partial charge < -0.3 is 0 Å². The largest absolute Gasteiger partial charge is 0.300 e. The smallest absolute Gasteiger partial charge is 0.137 e. The number of carbonyl (C=O) groups is 2. The van der Waals surface area contributed by atoms with Crippen molar-refractivity contribution in [3.05, 3.63) is 0 Å². The van der Waals surface area contributed by atoms with Gasteiger partial charge in [0.05, 0.1) is 6.42 Å². The number of Topliss-reactive ketones (excluding diaryl/α,β-unsaturated/α-hetero) is 2. The third-order valence-corrected chi connectivity index (χ3v) is 0.498. The van der Waals surface area contributed by atoms with E-state index in [9.17, 15) is 9.59 Å². The van der Waals surface area contributed by atoms with Gasteiger partial charge in [-0.1, -0.05) is 0 Å². The molecule has 0 unspecified atom stereocenters. The Morgan fingerprint density at radius 3 is 1.38 bits per heavy atom. The van der Waals surface area contributed by atoms with Crippen molar-refractivity contribution in [2.24, 2.45) is 0 Å². The van der Waals surface area contributed by atoms with Crippen molar-refractivity contribution in [3.63, 3.8) is 0 Å². The molecule has 0 atom stereocenters. The maximum atomic E-state index is 10.0. The molecule has 2 nitrogen and oxygen atoms in total. The van der Waals surface area contributed by atoms with Gasteiger partial charge in [0.25, 0.3) is 0 Å². The summed E-state index contributed by atoms with van der Waals surface area (Å²) in [5.74, 6) is -0.125. The van der Waals surface area contributed by atoms with Crippen LogP contribution in [0.25, 0.3) is 0 Å². The zero-order chi connectivity index (χ0) is 5.86. The minimum atomic E-state index is -0.0625. The van der Waals surface area contributed by atoms with Gasteiger partial charge in [0, 0.05) is 25.8 Å². The number of ketones is 2. The zero-order valence-corrected chi connectivity index (χ0v) is 6.90. The molecular formula is C5H8O2Sc. The van der Waals surface area contributed by atoms with E-state index in [1.54, 1.807) is 0 Å². The van der Waals surface area contributed by atoms with Crippen molar-refractivity contribution in [2.45, 2.75) is 20.3 Å². The van der Waals surface area contributed by atoms with Crippen LogP contribution in [0.2, 0.25) is 0 Å². The molecule has 0 saturated heterocycles. The van der Waals surface area contributed by atoms with Gasteiger partial charge in [-0.15, -0.1) is 0 Å². The Balaban J connectivity index is 0. The van der Waals surface area contributed by atoms with E-state index in [-0.39, 0.29) is 43.8 Å². The van der Waals surface area contributed by atoms with Gasteiger partial charge in [-0.3, -0.25) is 9.59 Å². The molecule has 0 bridgehead atoms. The summed E-state index contributed by atoms with van der Waals surface area (Å²) in [6, 6.07) is 0. The van der Waals surface area contributed by atoms with Crippen LogP contribution in [0.1, 0.15) is 20.3 Å². The summed E-state index contributed by atoms with van der Waals surface area (Å²) in [4.78, 5) is 20.1. The van der Waals surface area contributed by atoms with Crippen LogP contribution in [0.4, 0.5) is 0 Å². The Labute approximate surface area is 67.4 Å². The maximum absolute atomic E-state index is 10.0. The fourth-order valence-corrected chi connectivity index (χ4v) is 0.351. The molecule has 0 heterocycles. The quantitative estimate of drug-likeness (QED) is 0.532. The third kappa shape index (κ3) is 9.51. The number of rotatable bonds is 2. The molecule has 0 aromatic carbocycles. The first-order valence-electron chi connectivity index (χ1n) is 2.12. The van der Waals surface area contributed by atoms with Crippen molar-refractivity contribution in [3.8, 4) is 0 Å². The predicted octanol–water partition coefficient (Wildman–Crippen LogP) is 0.552. The zero-order valence-electron chi connectivity index (χ0n) is 5.10. The monoisotopic (exact) mass is 145 g/mol. The third-order valence-electron chi connectivity index (χ3n) is 0.498. The molecule has 3 heteroatoms. The predicted molar refractivity (Wildman–Crippen MR) is 26.0 cm³/mol. The van der Waals surface area contributed by atoms with Gasteiger partial charge in [-0.2, -0.15) is 0 Å². The summed E-state index contributed by atoms with van der Waals surface area (Å²) >= 11 is 0. The molecule has 0 aromatic rings. The maximum Gasteiger partial charge on any atom is 0.137 e. The van der Waals surface area contributed by atoms with E-state index in [0.717, 1.165) is 0 Å². The Bertz CT molecular complexity index is 86.6. The molecule has 0 N–H and O–H groups in total. The van der Waals surface area contributed by atoms with Gasteiger partial charge in [0.15, 0.2) is 0 Å². The normalized spacial score (nSPS) is 7.25. The van der Waals surface area contributed by atoms with Gasteiger partial charge in [-0.05, 0) is 13.8 Å². The van der Waals surface area contributed by atoms with Crippen LogP contribution in [0, 0.1) is 0 Å². The van der Waals surface area contributed by atoms with E-state index in [4.69, 9.17) is 0 Å². The average Bonchev–Trinajstić information content (AvgIpc) is 1.27. The molecule has 0 aliphatic heterocycles. The van der Waals surface area contributed by atoms with Crippen LogP contribution >= 0.6 is 0 Å². The van der Waals surface area contributed by atoms with Crippen LogP contribution in [0.3, 0.4) is 0 Å².